The van der Waals surface area contributed by atoms with Gasteiger partial charge in [0.1, 0.15) is 5.76 Å². The van der Waals surface area contributed by atoms with Crippen molar-refractivity contribution in [1.29, 1.82) is 0 Å². The van der Waals surface area contributed by atoms with Crippen LogP contribution in [0.2, 0.25) is 0 Å². The van der Waals surface area contributed by atoms with Gasteiger partial charge in [0.15, 0.2) is 0 Å². The first-order valence-electron chi connectivity index (χ1n) is 8.07. The van der Waals surface area contributed by atoms with E-state index in [1.807, 2.05) is 6.07 Å². The van der Waals surface area contributed by atoms with Crippen LogP contribution in [0.4, 0.5) is 0 Å². The lowest BCUT2D eigenvalue weighted by molar-refractivity contribution is -0.140. The molecule has 2 aromatic carbocycles. The van der Waals surface area contributed by atoms with Gasteiger partial charge in [-0.15, -0.1) is 0 Å². The van der Waals surface area contributed by atoms with E-state index < -0.39 is 23.8 Å². The van der Waals surface area contributed by atoms with Gasteiger partial charge in [-0.05, 0) is 12.5 Å². The molecule has 2 N–H and O–H groups in total. The molecule has 2 aromatic rings. The number of aliphatic hydroxyl groups excluding tert-OH is 2. The number of ketones is 1. The number of benzene rings is 2. The molecule has 1 aliphatic heterocycles. The second kappa shape index (κ2) is 6.91. The molecular formula is C20H19NO4. The maximum Gasteiger partial charge on any atom is 0.295 e. The number of likely N-dealkylation sites (tertiary alicyclic amines) is 1. The van der Waals surface area contributed by atoms with E-state index in [0.29, 0.717) is 11.1 Å². The molecule has 1 amide bonds. The number of hydrogen-bond donors (Lipinski definition) is 2. The summed E-state index contributed by atoms with van der Waals surface area (Å²) in [7, 11) is 0. The molecule has 1 fully saturated rings. The summed E-state index contributed by atoms with van der Waals surface area (Å²) in [5.74, 6) is -1.66. The fourth-order valence-electron chi connectivity index (χ4n) is 3.09. The Morgan fingerprint density at radius 1 is 1.04 bits per heavy atom. The summed E-state index contributed by atoms with van der Waals surface area (Å²) < 4.78 is 0. The zero-order valence-corrected chi connectivity index (χ0v) is 13.8. The predicted octanol–water partition coefficient (Wildman–Crippen LogP) is 2.49. The fraction of sp³-hybridized carbons (Fsp3) is 0.200. The number of carbonyl (C=O) groups excluding carboxylic acids is 2. The number of β-amino-alcohol motifs (C(OH)–C–C–N with tert-alkyl or cyclic N) is 1. The molecule has 2 unspecified atom stereocenters. The molecule has 1 saturated heterocycles. The van der Waals surface area contributed by atoms with Crippen LogP contribution in [0.15, 0.2) is 66.2 Å². The SMILES string of the molecule is CC(O)CN1C(=O)C(=O)/C(=C(\O)c2ccccc2)C1c1ccccc1. The first kappa shape index (κ1) is 16.9. The van der Waals surface area contributed by atoms with E-state index in [2.05, 4.69) is 0 Å². The molecule has 5 heteroatoms. The molecule has 1 aliphatic rings. The second-order valence-corrected chi connectivity index (χ2v) is 6.08. The van der Waals surface area contributed by atoms with Crippen LogP contribution < -0.4 is 0 Å². The van der Waals surface area contributed by atoms with Crippen molar-refractivity contribution in [2.45, 2.75) is 19.1 Å². The highest BCUT2D eigenvalue weighted by Gasteiger charge is 2.46. The van der Waals surface area contributed by atoms with Crippen molar-refractivity contribution in [3.8, 4) is 0 Å². The normalized spacial score (nSPS) is 20.7. The third kappa shape index (κ3) is 3.19. The summed E-state index contributed by atoms with van der Waals surface area (Å²) >= 11 is 0. The summed E-state index contributed by atoms with van der Waals surface area (Å²) in [6, 6.07) is 17.0. The Labute approximate surface area is 145 Å². The largest absolute Gasteiger partial charge is 0.507 e. The molecule has 1 heterocycles. The Morgan fingerprint density at radius 3 is 2.16 bits per heavy atom. The van der Waals surface area contributed by atoms with Gasteiger partial charge in [-0.1, -0.05) is 60.7 Å². The Kier molecular flexibility index (Phi) is 4.67. The van der Waals surface area contributed by atoms with Crippen LogP contribution >= 0.6 is 0 Å². The van der Waals surface area contributed by atoms with Gasteiger partial charge >= 0.3 is 0 Å². The van der Waals surface area contributed by atoms with Gasteiger partial charge in [-0.2, -0.15) is 0 Å². The number of rotatable bonds is 4. The minimum atomic E-state index is -0.791. The molecule has 2 atom stereocenters. The topological polar surface area (TPSA) is 77.8 Å². The van der Waals surface area contributed by atoms with E-state index in [1.54, 1.807) is 61.5 Å². The van der Waals surface area contributed by atoms with E-state index in [-0.39, 0.29) is 17.9 Å². The lowest BCUT2D eigenvalue weighted by atomic mass is 9.95. The number of carbonyl (C=O) groups is 2. The average molecular weight is 337 g/mol. The number of amides is 1. The molecule has 25 heavy (non-hydrogen) atoms. The molecular weight excluding hydrogens is 318 g/mol. The summed E-state index contributed by atoms with van der Waals surface area (Å²) in [5.41, 5.74) is 1.22. The molecule has 0 aliphatic carbocycles. The quantitative estimate of drug-likeness (QED) is 0.510. The van der Waals surface area contributed by atoms with Gasteiger partial charge in [0.2, 0.25) is 0 Å². The lowest BCUT2D eigenvalue weighted by Crippen LogP contribution is -2.35. The summed E-state index contributed by atoms with van der Waals surface area (Å²) in [5, 5.41) is 20.4. The smallest absolute Gasteiger partial charge is 0.295 e. The number of nitrogens with zero attached hydrogens (tertiary/aromatic N) is 1. The van der Waals surface area contributed by atoms with E-state index in [0.717, 1.165) is 0 Å². The van der Waals surface area contributed by atoms with Crippen LogP contribution in [0.3, 0.4) is 0 Å². The fourth-order valence-corrected chi connectivity index (χ4v) is 3.09. The third-order valence-corrected chi connectivity index (χ3v) is 4.16. The summed E-state index contributed by atoms with van der Waals surface area (Å²) in [6.45, 7) is 1.56. The van der Waals surface area contributed by atoms with Crippen molar-refractivity contribution in [3.05, 3.63) is 77.4 Å². The highest BCUT2D eigenvalue weighted by molar-refractivity contribution is 6.46. The molecule has 3 rings (SSSR count). The van der Waals surface area contributed by atoms with Gasteiger partial charge in [0.05, 0.1) is 17.7 Å². The van der Waals surface area contributed by atoms with Crippen molar-refractivity contribution in [2.75, 3.05) is 6.54 Å². The molecule has 128 valence electrons. The molecule has 0 radical (unpaired) electrons. The average Bonchev–Trinajstić information content (AvgIpc) is 2.87. The molecule has 0 spiro atoms. The number of Topliss-reactive ketones (excluding diaryl/α,β-unsaturated/α-hetero) is 1. The minimum absolute atomic E-state index is 0.00963. The zero-order valence-electron chi connectivity index (χ0n) is 13.8. The van der Waals surface area contributed by atoms with Crippen LogP contribution in [0.1, 0.15) is 24.1 Å². The molecule has 0 bridgehead atoms. The van der Waals surface area contributed by atoms with Crippen molar-refractivity contribution in [2.24, 2.45) is 0 Å². The van der Waals surface area contributed by atoms with Crippen LogP contribution in [-0.2, 0) is 9.59 Å². The van der Waals surface area contributed by atoms with E-state index in [9.17, 15) is 19.8 Å². The zero-order chi connectivity index (χ0) is 18.0. The van der Waals surface area contributed by atoms with Gasteiger partial charge in [-0.3, -0.25) is 9.59 Å². The van der Waals surface area contributed by atoms with Crippen molar-refractivity contribution >= 4 is 17.4 Å². The lowest BCUT2D eigenvalue weighted by Gasteiger charge is -2.26. The summed E-state index contributed by atoms with van der Waals surface area (Å²) in [6.07, 6.45) is -0.791. The van der Waals surface area contributed by atoms with Crippen molar-refractivity contribution in [1.82, 2.24) is 4.90 Å². The maximum absolute atomic E-state index is 12.6. The van der Waals surface area contributed by atoms with E-state index in [4.69, 9.17) is 0 Å². The van der Waals surface area contributed by atoms with Gasteiger partial charge in [0.25, 0.3) is 11.7 Å². The Morgan fingerprint density at radius 2 is 1.60 bits per heavy atom. The highest BCUT2D eigenvalue weighted by atomic mass is 16.3. The Bertz CT molecular complexity index is 812. The second-order valence-electron chi connectivity index (χ2n) is 6.08. The third-order valence-electron chi connectivity index (χ3n) is 4.16. The van der Waals surface area contributed by atoms with E-state index in [1.165, 1.54) is 4.90 Å². The van der Waals surface area contributed by atoms with Gasteiger partial charge < -0.3 is 15.1 Å². The highest BCUT2D eigenvalue weighted by Crippen LogP contribution is 2.39. The van der Waals surface area contributed by atoms with Crippen LogP contribution in [0, 0.1) is 0 Å². The Balaban J connectivity index is 2.18. The molecule has 0 aromatic heterocycles. The molecule has 5 nitrogen and oxygen atoms in total. The van der Waals surface area contributed by atoms with Gasteiger partial charge in [-0.25, -0.2) is 0 Å². The first-order valence-corrected chi connectivity index (χ1v) is 8.07. The molecule has 0 saturated carbocycles. The minimum Gasteiger partial charge on any atom is -0.507 e. The van der Waals surface area contributed by atoms with Crippen LogP contribution in [-0.4, -0.2) is 39.5 Å². The van der Waals surface area contributed by atoms with Crippen LogP contribution in [0.25, 0.3) is 5.76 Å². The Hall–Kier alpha value is -2.92. The van der Waals surface area contributed by atoms with Crippen molar-refractivity contribution < 1.29 is 19.8 Å². The summed E-state index contributed by atoms with van der Waals surface area (Å²) in [4.78, 5) is 26.4. The monoisotopic (exact) mass is 337 g/mol. The van der Waals surface area contributed by atoms with Gasteiger partial charge in [0, 0.05) is 12.1 Å². The maximum atomic E-state index is 12.6. The van der Waals surface area contributed by atoms with E-state index >= 15 is 0 Å². The van der Waals surface area contributed by atoms with Crippen molar-refractivity contribution in [3.63, 3.8) is 0 Å². The predicted molar refractivity (Wildman–Crippen MR) is 93.6 cm³/mol. The number of aliphatic hydroxyl groups is 2. The first-order chi connectivity index (χ1) is 12.0. The number of hydrogen-bond acceptors (Lipinski definition) is 4. The standard InChI is InChI=1S/C20H19NO4/c1-13(22)12-21-17(14-8-4-2-5-9-14)16(19(24)20(21)25)18(23)15-10-6-3-7-11-15/h2-11,13,17,22-23H,12H2,1H3/b18-16-. The van der Waals surface area contributed by atoms with Crippen LogP contribution in [0.5, 0.6) is 0 Å².